The van der Waals surface area contributed by atoms with Crippen LogP contribution in [0.3, 0.4) is 0 Å². The van der Waals surface area contributed by atoms with Crippen LogP contribution in [0.4, 0.5) is 0 Å². The lowest BCUT2D eigenvalue weighted by molar-refractivity contribution is -0.142. The van der Waals surface area contributed by atoms with Gasteiger partial charge in [-0.1, -0.05) is 30.4 Å². The van der Waals surface area contributed by atoms with E-state index < -0.39 is 17.4 Å². The number of likely N-dealkylation sites (tertiary alicyclic amines) is 1. The van der Waals surface area contributed by atoms with Crippen LogP contribution in [0, 0.1) is 25.7 Å². The van der Waals surface area contributed by atoms with Crippen molar-refractivity contribution in [3.8, 4) is 0 Å². The molecule has 4 heterocycles. The predicted octanol–water partition coefficient (Wildman–Crippen LogP) is 2.70. The second-order valence-electron chi connectivity index (χ2n) is 8.63. The van der Waals surface area contributed by atoms with Gasteiger partial charge in [-0.3, -0.25) is 9.59 Å². The zero-order chi connectivity index (χ0) is 21.0. The molecule has 0 radical (unpaired) electrons. The number of fused-ring (bicyclic) bond motifs is 1. The number of hydrogen-bond acceptors (Lipinski definition) is 5. The molecular weight excluding hydrogens is 398 g/mol. The van der Waals surface area contributed by atoms with Crippen LogP contribution in [0.5, 0.6) is 0 Å². The van der Waals surface area contributed by atoms with Crippen molar-refractivity contribution in [3.05, 3.63) is 63.6 Å². The Bertz CT molecular complexity index is 1030. The largest absolute Gasteiger partial charge is 0.360 e. The van der Waals surface area contributed by atoms with Crippen LogP contribution in [0.2, 0.25) is 0 Å². The molecule has 156 valence electrons. The van der Waals surface area contributed by atoms with Gasteiger partial charge in [0.05, 0.1) is 31.0 Å². The van der Waals surface area contributed by atoms with Crippen molar-refractivity contribution in [2.45, 2.75) is 38.6 Å². The Balaban J connectivity index is 1.36. The second-order valence-corrected chi connectivity index (χ2v) is 9.61. The predicted molar refractivity (Wildman–Crippen MR) is 114 cm³/mol. The van der Waals surface area contributed by atoms with Crippen LogP contribution in [-0.2, 0) is 27.4 Å². The minimum Gasteiger partial charge on any atom is -0.360 e. The lowest BCUT2D eigenvalue weighted by Gasteiger charge is -2.27. The summed E-state index contributed by atoms with van der Waals surface area (Å²) < 4.78 is 6.25. The van der Waals surface area contributed by atoms with Crippen molar-refractivity contribution in [1.29, 1.82) is 0 Å². The Morgan fingerprint density at radius 2 is 2.20 bits per heavy atom. The standard InChI is InChI=1S/C23H25N3O3S/c1-14-4-5-16(10-15(14)2)11-26-13-23-7-6-17(29-23)19(20(23)22(26)28)21(27)25(3)12-18-24-8-9-30-18/h4-10,17,19-20H,11-13H2,1-3H3/t17-,19+,20+,23-/m0/s1. The summed E-state index contributed by atoms with van der Waals surface area (Å²) in [5.74, 6) is -0.962. The molecule has 1 aromatic heterocycles. The number of thiazole rings is 1. The molecule has 0 aliphatic carbocycles. The third-order valence-corrected chi connectivity index (χ3v) is 7.41. The van der Waals surface area contributed by atoms with Crippen molar-refractivity contribution in [2.75, 3.05) is 13.6 Å². The Kier molecular flexibility index (Phi) is 4.56. The molecule has 4 atom stereocenters. The maximum absolute atomic E-state index is 13.4. The SMILES string of the molecule is Cc1ccc(CN2C[C@]34C=C[C@H](O3)[C@@H](C(=O)N(C)Cc3nccs3)[C@@H]4C2=O)cc1C. The van der Waals surface area contributed by atoms with E-state index in [9.17, 15) is 9.59 Å². The lowest BCUT2D eigenvalue weighted by Crippen LogP contribution is -2.44. The molecule has 2 bridgehead atoms. The quantitative estimate of drug-likeness (QED) is 0.694. The van der Waals surface area contributed by atoms with Crippen molar-refractivity contribution < 1.29 is 14.3 Å². The maximum atomic E-state index is 13.4. The first-order valence-electron chi connectivity index (χ1n) is 10.2. The van der Waals surface area contributed by atoms with Crippen molar-refractivity contribution >= 4 is 23.2 Å². The number of carbonyl (C=O) groups excluding carboxylic acids is 2. The van der Waals surface area contributed by atoms with Gasteiger partial charge in [-0.15, -0.1) is 11.3 Å². The number of amides is 2. The molecule has 30 heavy (non-hydrogen) atoms. The summed E-state index contributed by atoms with van der Waals surface area (Å²) in [5, 5.41) is 2.78. The normalized spacial score (nSPS) is 29.0. The third-order valence-electron chi connectivity index (χ3n) is 6.64. The highest BCUT2D eigenvalue weighted by atomic mass is 32.1. The summed E-state index contributed by atoms with van der Waals surface area (Å²) in [7, 11) is 1.78. The highest BCUT2D eigenvalue weighted by Gasteiger charge is 2.67. The van der Waals surface area contributed by atoms with Crippen LogP contribution < -0.4 is 0 Å². The minimum atomic E-state index is -0.677. The number of rotatable bonds is 5. The van der Waals surface area contributed by atoms with Gasteiger partial charge in [-0.05, 0) is 30.5 Å². The van der Waals surface area contributed by atoms with E-state index in [1.54, 1.807) is 18.1 Å². The van der Waals surface area contributed by atoms with Crippen LogP contribution >= 0.6 is 11.3 Å². The Labute approximate surface area is 180 Å². The van der Waals surface area contributed by atoms with E-state index in [0.29, 0.717) is 19.6 Å². The van der Waals surface area contributed by atoms with Gasteiger partial charge in [-0.2, -0.15) is 0 Å². The third kappa shape index (κ3) is 2.99. The van der Waals surface area contributed by atoms with E-state index in [1.165, 1.54) is 22.5 Å². The van der Waals surface area contributed by atoms with Crippen LogP contribution in [0.15, 0.2) is 41.9 Å². The average Bonchev–Trinajstić information content (AvgIpc) is 3.47. The smallest absolute Gasteiger partial charge is 0.230 e. The van der Waals surface area contributed by atoms with Crippen molar-refractivity contribution in [3.63, 3.8) is 0 Å². The molecule has 3 aliphatic rings. The molecule has 5 rings (SSSR count). The van der Waals surface area contributed by atoms with Crippen molar-refractivity contribution in [1.82, 2.24) is 14.8 Å². The monoisotopic (exact) mass is 423 g/mol. The summed E-state index contributed by atoms with van der Waals surface area (Å²) in [6, 6.07) is 6.29. The topological polar surface area (TPSA) is 62.7 Å². The molecule has 0 saturated carbocycles. The molecule has 2 saturated heterocycles. The number of ether oxygens (including phenoxy) is 1. The zero-order valence-corrected chi connectivity index (χ0v) is 18.2. The average molecular weight is 424 g/mol. The summed E-state index contributed by atoms with van der Waals surface area (Å²) in [5.41, 5.74) is 2.88. The fourth-order valence-electron chi connectivity index (χ4n) is 4.98. The van der Waals surface area contributed by atoms with Crippen LogP contribution in [-0.4, -0.2) is 51.9 Å². The molecule has 6 nitrogen and oxygen atoms in total. The minimum absolute atomic E-state index is 0.0149. The first-order chi connectivity index (χ1) is 14.4. The number of benzene rings is 1. The molecule has 0 N–H and O–H groups in total. The van der Waals surface area contributed by atoms with E-state index in [1.807, 2.05) is 22.4 Å². The highest BCUT2D eigenvalue weighted by molar-refractivity contribution is 7.09. The number of hydrogen-bond donors (Lipinski definition) is 0. The highest BCUT2D eigenvalue weighted by Crippen LogP contribution is 2.52. The van der Waals surface area contributed by atoms with E-state index >= 15 is 0 Å². The molecule has 2 aromatic rings. The molecule has 7 heteroatoms. The zero-order valence-electron chi connectivity index (χ0n) is 17.4. The molecule has 1 spiro atoms. The Morgan fingerprint density at radius 3 is 2.93 bits per heavy atom. The lowest BCUT2D eigenvalue weighted by atomic mass is 9.76. The van der Waals surface area contributed by atoms with Gasteiger partial charge >= 0.3 is 0 Å². The molecule has 2 fully saturated rings. The van der Waals surface area contributed by atoms with Gasteiger partial charge in [-0.25, -0.2) is 4.98 Å². The van der Waals surface area contributed by atoms with Crippen LogP contribution in [0.1, 0.15) is 21.7 Å². The molecular formula is C23H25N3O3S. The summed E-state index contributed by atoms with van der Waals surface area (Å²) in [6.07, 6.45) is 5.38. The van der Waals surface area contributed by atoms with Gasteiger partial charge in [0.25, 0.3) is 0 Å². The number of nitrogens with zero attached hydrogens (tertiary/aromatic N) is 3. The number of carbonyl (C=O) groups is 2. The Hall–Kier alpha value is -2.51. The van der Waals surface area contributed by atoms with E-state index in [2.05, 4.69) is 37.0 Å². The first-order valence-corrected chi connectivity index (χ1v) is 11.1. The maximum Gasteiger partial charge on any atom is 0.230 e. The number of aryl methyl sites for hydroxylation is 2. The van der Waals surface area contributed by atoms with Gasteiger partial charge in [0.2, 0.25) is 11.8 Å². The first kappa shape index (κ1) is 19.5. The summed E-state index contributed by atoms with van der Waals surface area (Å²) in [4.78, 5) is 34.5. The van der Waals surface area contributed by atoms with Gasteiger partial charge in [0, 0.05) is 25.2 Å². The second kappa shape index (κ2) is 7.03. The molecule has 3 aliphatic heterocycles. The fraction of sp³-hybridized carbons (Fsp3) is 0.435. The van der Waals surface area contributed by atoms with Crippen LogP contribution in [0.25, 0.3) is 0 Å². The van der Waals surface area contributed by atoms with Gasteiger partial charge in [0.15, 0.2) is 0 Å². The number of aromatic nitrogens is 1. The summed E-state index contributed by atoms with van der Waals surface area (Å²) in [6.45, 7) is 5.65. The van der Waals surface area contributed by atoms with Crippen molar-refractivity contribution in [2.24, 2.45) is 11.8 Å². The summed E-state index contributed by atoms with van der Waals surface area (Å²) >= 11 is 1.52. The Morgan fingerprint density at radius 1 is 1.37 bits per heavy atom. The molecule has 2 amide bonds. The fourth-order valence-corrected chi connectivity index (χ4v) is 5.65. The van der Waals surface area contributed by atoms with E-state index in [0.717, 1.165) is 10.6 Å². The molecule has 0 unspecified atom stereocenters. The van der Waals surface area contributed by atoms with E-state index in [4.69, 9.17) is 4.74 Å². The van der Waals surface area contributed by atoms with Gasteiger partial charge < -0.3 is 14.5 Å². The van der Waals surface area contributed by atoms with Gasteiger partial charge in [0.1, 0.15) is 10.6 Å². The molecule has 1 aromatic carbocycles. The van der Waals surface area contributed by atoms with E-state index in [-0.39, 0.29) is 17.9 Å².